The van der Waals surface area contributed by atoms with Crippen molar-refractivity contribution in [2.24, 2.45) is 0 Å². The molecule has 8 aromatic carbocycles. The lowest BCUT2D eigenvalue weighted by Crippen LogP contribution is -1.99. The maximum Gasteiger partial charge on any atom is 0.146 e. The standard InChI is InChI=1S/C45H30N2/c1-4-16-31(17-5-1)33-28-29-38-40(30-33)43(32-18-6-2-7-19-32)35-22-10-11-23-36(35)44(38)37-24-12-13-25-39(37)45-46-41-26-14-15-27-42(41)47(45)34-20-8-3-9-21-34/h1-30H/i1D,4D,5D,16D,17D. The molecule has 220 valence electrons. The Morgan fingerprint density at radius 3 is 1.85 bits per heavy atom. The van der Waals surface area contributed by atoms with Gasteiger partial charge in [0, 0.05) is 11.3 Å². The Morgan fingerprint density at radius 1 is 0.447 bits per heavy atom. The van der Waals surface area contributed by atoms with Crippen LogP contribution in [-0.4, -0.2) is 9.55 Å². The zero-order chi connectivity index (χ0) is 35.5. The molecule has 0 aliphatic carbocycles. The van der Waals surface area contributed by atoms with Gasteiger partial charge in [-0.3, -0.25) is 4.57 Å². The number of hydrogen-bond acceptors (Lipinski definition) is 1. The van der Waals surface area contributed by atoms with Gasteiger partial charge in [-0.25, -0.2) is 4.98 Å². The van der Waals surface area contributed by atoms with Crippen molar-refractivity contribution < 1.29 is 6.85 Å². The van der Waals surface area contributed by atoms with E-state index in [2.05, 4.69) is 71.3 Å². The van der Waals surface area contributed by atoms with Crippen molar-refractivity contribution in [3.8, 4) is 50.5 Å². The Hall–Kier alpha value is -6.25. The summed E-state index contributed by atoms with van der Waals surface area (Å²) in [6, 6.07) is 49.8. The van der Waals surface area contributed by atoms with Crippen LogP contribution in [0, 0.1) is 0 Å². The molecule has 0 radical (unpaired) electrons. The maximum absolute atomic E-state index is 8.79. The molecule has 2 heteroatoms. The summed E-state index contributed by atoms with van der Waals surface area (Å²) in [6.07, 6.45) is 0. The molecule has 0 spiro atoms. The molecule has 9 aromatic rings. The highest BCUT2D eigenvalue weighted by Gasteiger charge is 2.22. The van der Waals surface area contributed by atoms with Crippen LogP contribution in [0.15, 0.2) is 182 Å². The average molecular weight is 604 g/mol. The SMILES string of the molecule is [2H]c1c([2H])c([2H])c(-c2ccc3c(-c4ccccc4-c4nc5ccccc5n4-c4ccccc4)c4ccccc4c(-c4ccccc4)c3c2)c([2H])c1[2H]. The quantitative estimate of drug-likeness (QED) is 0.179. The first-order valence-corrected chi connectivity index (χ1v) is 15.7. The number of aromatic nitrogens is 2. The van der Waals surface area contributed by atoms with Crippen LogP contribution in [0.4, 0.5) is 0 Å². The predicted octanol–water partition coefficient (Wildman–Crippen LogP) is 12.0. The molecular weight excluding hydrogens is 569 g/mol. The van der Waals surface area contributed by atoms with Gasteiger partial charge in [-0.1, -0.05) is 152 Å². The minimum absolute atomic E-state index is 0.179. The first kappa shape index (κ1) is 22.3. The minimum Gasteiger partial charge on any atom is -0.292 e. The molecule has 0 aliphatic rings. The maximum atomic E-state index is 8.79. The number of para-hydroxylation sites is 3. The smallest absolute Gasteiger partial charge is 0.146 e. The summed E-state index contributed by atoms with van der Waals surface area (Å²) in [5, 5.41) is 4.00. The monoisotopic (exact) mass is 603 g/mol. The van der Waals surface area contributed by atoms with Gasteiger partial charge in [0.1, 0.15) is 5.82 Å². The largest absolute Gasteiger partial charge is 0.292 e. The van der Waals surface area contributed by atoms with Crippen molar-refractivity contribution in [1.29, 1.82) is 0 Å². The molecular formula is C45H30N2. The van der Waals surface area contributed by atoms with E-state index >= 15 is 0 Å². The Kier molecular flexibility index (Phi) is 5.35. The van der Waals surface area contributed by atoms with Crippen molar-refractivity contribution in [3.63, 3.8) is 0 Å². The van der Waals surface area contributed by atoms with Gasteiger partial charge in [0.15, 0.2) is 0 Å². The van der Waals surface area contributed by atoms with Crippen LogP contribution < -0.4 is 0 Å². The van der Waals surface area contributed by atoms with E-state index in [1.54, 1.807) is 0 Å². The lowest BCUT2D eigenvalue weighted by molar-refractivity contribution is 1.10. The second-order valence-corrected chi connectivity index (χ2v) is 11.6. The van der Waals surface area contributed by atoms with Crippen LogP contribution in [-0.2, 0) is 0 Å². The van der Waals surface area contributed by atoms with Gasteiger partial charge in [-0.05, 0) is 85.3 Å². The van der Waals surface area contributed by atoms with Crippen LogP contribution in [0.25, 0.3) is 83.0 Å². The van der Waals surface area contributed by atoms with E-state index in [1.165, 1.54) is 0 Å². The first-order chi connectivity index (χ1) is 25.4. The van der Waals surface area contributed by atoms with Crippen LogP contribution in [0.5, 0.6) is 0 Å². The fraction of sp³-hybridized carbons (Fsp3) is 0. The van der Waals surface area contributed by atoms with E-state index in [1.807, 2.05) is 84.9 Å². The number of hydrogen-bond donors (Lipinski definition) is 0. The van der Waals surface area contributed by atoms with Crippen LogP contribution in [0.1, 0.15) is 6.85 Å². The van der Waals surface area contributed by atoms with E-state index in [0.29, 0.717) is 5.56 Å². The molecule has 0 N–H and O–H groups in total. The zero-order valence-electron chi connectivity index (χ0n) is 30.3. The highest BCUT2D eigenvalue weighted by atomic mass is 15.1. The summed E-state index contributed by atoms with van der Waals surface area (Å²) < 4.78 is 44.7. The van der Waals surface area contributed by atoms with Gasteiger partial charge in [0.2, 0.25) is 0 Å². The van der Waals surface area contributed by atoms with E-state index in [9.17, 15) is 0 Å². The molecule has 0 atom stereocenters. The number of rotatable bonds is 5. The minimum atomic E-state index is -0.407. The van der Waals surface area contributed by atoms with Crippen molar-refractivity contribution in [2.45, 2.75) is 0 Å². The molecule has 0 unspecified atom stereocenters. The molecule has 9 rings (SSSR count). The molecule has 0 fully saturated rings. The lowest BCUT2D eigenvalue weighted by Gasteiger charge is -2.20. The lowest BCUT2D eigenvalue weighted by atomic mass is 9.83. The topological polar surface area (TPSA) is 17.8 Å². The van der Waals surface area contributed by atoms with Gasteiger partial charge >= 0.3 is 0 Å². The number of imidazole rings is 1. The Bertz CT molecular complexity index is 2820. The van der Waals surface area contributed by atoms with Crippen molar-refractivity contribution in [1.82, 2.24) is 9.55 Å². The van der Waals surface area contributed by atoms with Crippen molar-refractivity contribution in [3.05, 3.63) is 182 Å². The molecule has 0 amide bonds. The summed E-state index contributed by atoms with van der Waals surface area (Å²) in [4.78, 5) is 5.24. The fourth-order valence-electron chi connectivity index (χ4n) is 6.88. The highest BCUT2D eigenvalue weighted by molar-refractivity contribution is 6.23. The molecule has 47 heavy (non-hydrogen) atoms. The van der Waals surface area contributed by atoms with E-state index in [4.69, 9.17) is 11.8 Å². The predicted molar refractivity (Wildman–Crippen MR) is 198 cm³/mol. The molecule has 2 nitrogen and oxygen atoms in total. The van der Waals surface area contributed by atoms with Crippen LogP contribution in [0.3, 0.4) is 0 Å². The van der Waals surface area contributed by atoms with Gasteiger partial charge in [0.25, 0.3) is 0 Å². The summed E-state index contributed by atoms with van der Waals surface area (Å²) in [6.45, 7) is 0. The summed E-state index contributed by atoms with van der Waals surface area (Å²) in [5.74, 6) is 0.822. The van der Waals surface area contributed by atoms with E-state index in [-0.39, 0.29) is 29.7 Å². The summed E-state index contributed by atoms with van der Waals surface area (Å²) in [5.41, 5.74) is 8.69. The summed E-state index contributed by atoms with van der Waals surface area (Å²) in [7, 11) is 0. The Morgan fingerprint density at radius 2 is 1.06 bits per heavy atom. The van der Waals surface area contributed by atoms with E-state index < -0.39 is 6.04 Å². The Balaban J connectivity index is 1.41. The zero-order valence-corrected chi connectivity index (χ0v) is 25.3. The normalized spacial score (nSPS) is 12.9. The van der Waals surface area contributed by atoms with Crippen LogP contribution in [0.2, 0.25) is 0 Å². The molecule has 1 heterocycles. The van der Waals surface area contributed by atoms with Gasteiger partial charge in [0.05, 0.1) is 17.9 Å². The Labute approximate surface area is 280 Å². The third kappa shape index (κ3) is 4.54. The van der Waals surface area contributed by atoms with Gasteiger partial charge in [-0.2, -0.15) is 0 Å². The molecule has 0 saturated carbocycles. The molecule has 0 bridgehead atoms. The second kappa shape index (κ2) is 11.3. The molecule has 0 aliphatic heterocycles. The van der Waals surface area contributed by atoms with Crippen molar-refractivity contribution >= 4 is 32.6 Å². The number of fused-ring (bicyclic) bond motifs is 3. The molecule has 0 saturated heterocycles. The van der Waals surface area contributed by atoms with Gasteiger partial charge < -0.3 is 0 Å². The highest BCUT2D eigenvalue weighted by Crippen LogP contribution is 2.47. The van der Waals surface area contributed by atoms with E-state index in [0.717, 1.165) is 71.9 Å². The fourth-order valence-corrected chi connectivity index (χ4v) is 6.88. The van der Waals surface area contributed by atoms with Crippen molar-refractivity contribution in [2.75, 3.05) is 0 Å². The summed E-state index contributed by atoms with van der Waals surface area (Å²) >= 11 is 0. The number of benzene rings is 8. The first-order valence-electron chi connectivity index (χ1n) is 18.2. The third-order valence-electron chi connectivity index (χ3n) is 8.89. The number of nitrogens with zero attached hydrogens (tertiary/aromatic N) is 2. The second-order valence-electron chi connectivity index (χ2n) is 11.6. The molecule has 1 aromatic heterocycles. The van der Waals surface area contributed by atoms with Gasteiger partial charge in [-0.15, -0.1) is 0 Å². The van der Waals surface area contributed by atoms with Crippen LogP contribution >= 0.6 is 0 Å². The average Bonchev–Trinajstić information content (AvgIpc) is 3.59. The third-order valence-corrected chi connectivity index (χ3v) is 8.89.